The van der Waals surface area contributed by atoms with Gasteiger partial charge in [0, 0.05) is 12.6 Å². The van der Waals surface area contributed by atoms with Gasteiger partial charge in [0.1, 0.15) is 6.04 Å². The fourth-order valence-corrected chi connectivity index (χ4v) is 1.36. The summed E-state index contributed by atoms with van der Waals surface area (Å²) in [5.41, 5.74) is 0.223. The van der Waals surface area contributed by atoms with E-state index in [0.29, 0.717) is 0 Å². The van der Waals surface area contributed by atoms with Gasteiger partial charge in [0.25, 0.3) is 5.91 Å². The van der Waals surface area contributed by atoms with Crippen molar-refractivity contribution in [1.29, 1.82) is 0 Å². The largest absolute Gasteiger partial charge is 0.478 e. The molecule has 0 aliphatic rings. The van der Waals surface area contributed by atoms with Crippen LogP contribution in [0, 0.1) is 0 Å². The van der Waals surface area contributed by atoms with Crippen LogP contribution >= 0.6 is 0 Å². The van der Waals surface area contributed by atoms with E-state index in [1.807, 2.05) is 0 Å². The summed E-state index contributed by atoms with van der Waals surface area (Å²) in [6, 6.07) is 4.92. The highest BCUT2D eigenvalue weighted by atomic mass is 16.4. The monoisotopic (exact) mass is 250 g/mol. The minimum Gasteiger partial charge on any atom is -0.478 e. The molecule has 0 bridgehead atoms. The summed E-state index contributed by atoms with van der Waals surface area (Å²) in [5, 5.41) is 13.7. The van der Waals surface area contributed by atoms with Crippen LogP contribution in [0.15, 0.2) is 24.3 Å². The molecule has 6 heteroatoms. The number of carboxylic acids is 1. The molecule has 1 unspecified atom stereocenters. The van der Waals surface area contributed by atoms with Gasteiger partial charge in [-0.25, -0.2) is 4.79 Å². The number of likely N-dealkylation sites (N-methyl/N-ethyl adjacent to an activating group) is 1. The maximum Gasteiger partial charge on any atom is 0.335 e. The molecule has 0 spiro atoms. The number of amides is 2. The van der Waals surface area contributed by atoms with E-state index in [2.05, 4.69) is 10.6 Å². The molecule has 0 aliphatic carbocycles. The molecule has 0 saturated carbocycles. The van der Waals surface area contributed by atoms with Gasteiger partial charge in [-0.05, 0) is 25.1 Å². The highest BCUT2D eigenvalue weighted by Gasteiger charge is 2.16. The predicted molar refractivity (Wildman–Crippen MR) is 64.4 cm³/mol. The van der Waals surface area contributed by atoms with Crippen LogP contribution in [-0.2, 0) is 4.79 Å². The molecule has 6 nitrogen and oxygen atoms in total. The van der Waals surface area contributed by atoms with Gasteiger partial charge in [-0.2, -0.15) is 0 Å². The average Bonchev–Trinajstić information content (AvgIpc) is 2.37. The molecule has 0 saturated heterocycles. The van der Waals surface area contributed by atoms with E-state index in [1.165, 1.54) is 38.2 Å². The van der Waals surface area contributed by atoms with Gasteiger partial charge < -0.3 is 15.7 Å². The first kappa shape index (κ1) is 13.7. The zero-order valence-electron chi connectivity index (χ0n) is 10.1. The van der Waals surface area contributed by atoms with Crippen molar-refractivity contribution in [3.05, 3.63) is 35.4 Å². The topological polar surface area (TPSA) is 95.5 Å². The van der Waals surface area contributed by atoms with Gasteiger partial charge in [0.2, 0.25) is 5.91 Å². The number of rotatable bonds is 4. The Morgan fingerprint density at radius 3 is 2.39 bits per heavy atom. The summed E-state index contributed by atoms with van der Waals surface area (Å²) in [4.78, 5) is 33.8. The molecule has 0 aliphatic heterocycles. The van der Waals surface area contributed by atoms with Crippen LogP contribution in [0.1, 0.15) is 27.6 Å². The smallest absolute Gasteiger partial charge is 0.335 e. The number of carboxylic acid groups (broad SMARTS) is 1. The summed E-state index contributed by atoms with van der Waals surface area (Å²) in [5.74, 6) is -1.92. The maximum absolute atomic E-state index is 11.8. The van der Waals surface area contributed by atoms with Crippen LogP contribution in [0.5, 0.6) is 0 Å². The van der Waals surface area contributed by atoms with E-state index < -0.39 is 17.9 Å². The molecule has 1 atom stereocenters. The number of benzene rings is 1. The van der Waals surface area contributed by atoms with Crippen molar-refractivity contribution < 1.29 is 19.5 Å². The number of nitrogens with one attached hydrogen (secondary N) is 2. The second-order valence-electron chi connectivity index (χ2n) is 3.70. The Labute approximate surface area is 104 Å². The number of aromatic carboxylic acids is 1. The molecule has 1 aromatic carbocycles. The zero-order chi connectivity index (χ0) is 13.7. The van der Waals surface area contributed by atoms with Crippen molar-refractivity contribution in [2.75, 3.05) is 7.05 Å². The standard InChI is InChI=1S/C12H14N2O4/c1-7(10(15)13-2)14-11(16)8-4-3-5-9(6-8)12(17)18/h3-7H,1-2H3,(H,13,15)(H,14,16)(H,17,18). The third-order valence-corrected chi connectivity index (χ3v) is 2.36. The van der Waals surface area contributed by atoms with E-state index in [9.17, 15) is 14.4 Å². The Morgan fingerprint density at radius 1 is 1.22 bits per heavy atom. The van der Waals surface area contributed by atoms with E-state index >= 15 is 0 Å². The minimum atomic E-state index is -1.11. The first-order chi connectivity index (χ1) is 8.45. The summed E-state index contributed by atoms with van der Waals surface area (Å²) in [6.07, 6.45) is 0. The molecule has 96 valence electrons. The minimum absolute atomic E-state index is 0.0234. The molecule has 0 aromatic heterocycles. The summed E-state index contributed by atoms with van der Waals surface area (Å²) >= 11 is 0. The Kier molecular flexibility index (Phi) is 4.42. The molecule has 1 rings (SSSR count). The molecule has 0 radical (unpaired) electrons. The zero-order valence-corrected chi connectivity index (χ0v) is 10.1. The van der Waals surface area contributed by atoms with Gasteiger partial charge in [-0.1, -0.05) is 6.07 Å². The van der Waals surface area contributed by atoms with E-state index in [0.717, 1.165) is 0 Å². The third kappa shape index (κ3) is 3.31. The van der Waals surface area contributed by atoms with E-state index in [4.69, 9.17) is 5.11 Å². The molecular formula is C12H14N2O4. The molecule has 3 N–H and O–H groups in total. The van der Waals surface area contributed by atoms with Crippen LogP contribution in [0.4, 0.5) is 0 Å². The van der Waals surface area contributed by atoms with Gasteiger partial charge in [-0.3, -0.25) is 9.59 Å². The van der Waals surface area contributed by atoms with Gasteiger partial charge >= 0.3 is 5.97 Å². The molecule has 0 fully saturated rings. The van der Waals surface area contributed by atoms with Crippen molar-refractivity contribution >= 4 is 17.8 Å². The Bertz CT molecular complexity index is 485. The third-order valence-electron chi connectivity index (χ3n) is 2.36. The van der Waals surface area contributed by atoms with Crippen LogP contribution in [0.2, 0.25) is 0 Å². The first-order valence-electron chi connectivity index (χ1n) is 5.31. The summed E-state index contributed by atoms with van der Waals surface area (Å²) in [7, 11) is 1.47. The van der Waals surface area contributed by atoms with Crippen LogP contribution in [-0.4, -0.2) is 36.0 Å². The Morgan fingerprint density at radius 2 is 1.83 bits per heavy atom. The number of carbonyl (C=O) groups is 3. The number of carbonyl (C=O) groups excluding carboxylic acids is 2. The van der Waals surface area contributed by atoms with Crippen molar-refractivity contribution in [2.24, 2.45) is 0 Å². The molecule has 2 amide bonds. The lowest BCUT2D eigenvalue weighted by molar-refractivity contribution is -0.122. The summed E-state index contributed by atoms with van der Waals surface area (Å²) < 4.78 is 0. The fourth-order valence-electron chi connectivity index (χ4n) is 1.36. The van der Waals surface area contributed by atoms with Crippen LogP contribution in [0.25, 0.3) is 0 Å². The SMILES string of the molecule is CNC(=O)C(C)NC(=O)c1cccc(C(=O)O)c1. The van der Waals surface area contributed by atoms with Crippen molar-refractivity contribution in [2.45, 2.75) is 13.0 Å². The highest BCUT2D eigenvalue weighted by molar-refractivity contribution is 5.99. The Balaban J connectivity index is 2.81. The normalized spacial score (nSPS) is 11.4. The van der Waals surface area contributed by atoms with Crippen LogP contribution in [0.3, 0.4) is 0 Å². The fraction of sp³-hybridized carbons (Fsp3) is 0.250. The van der Waals surface area contributed by atoms with Gasteiger partial charge in [-0.15, -0.1) is 0 Å². The molecular weight excluding hydrogens is 236 g/mol. The van der Waals surface area contributed by atoms with Crippen molar-refractivity contribution in [3.8, 4) is 0 Å². The molecule has 18 heavy (non-hydrogen) atoms. The number of hydrogen-bond acceptors (Lipinski definition) is 3. The summed E-state index contributed by atoms with van der Waals surface area (Å²) in [6.45, 7) is 1.54. The lowest BCUT2D eigenvalue weighted by Crippen LogP contribution is -2.43. The van der Waals surface area contributed by atoms with Gasteiger partial charge in [0.05, 0.1) is 5.56 Å². The van der Waals surface area contributed by atoms with Crippen molar-refractivity contribution in [1.82, 2.24) is 10.6 Å². The molecule has 1 aromatic rings. The van der Waals surface area contributed by atoms with Crippen molar-refractivity contribution in [3.63, 3.8) is 0 Å². The van der Waals surface area contributed by atoms with Crippen LogP contribution < -0.4 is 10.6 Å². The van der Waals surface area contributed by atoms with E-state index in [-0.39, 0.29) is 17.0 Å². The lowest BCUT2D eigenvalue weighted by Gasteiger charge is -2.12. The second-order valence-corrected chi connectivity index (χ2v) is 3.70. The first-order valence-corrected chi connectivity index (χ1v) is 5.31. The quantitative estimate of drug-likeness (QED) is 0.713. The number of hydrogen-bond donors (Lipinski definition) is 3. The lowest BCUT2D eigenvalue weighted by atomic mass is 10.1. The highest BCUT2D eigenvalue weighted by Crippen LogP contribution is 2.05. The van der Waals surface area contributed by atoms with Gasteiger partial charge in [0.15, 0.2) is 0 Å². The predicted octanol–water partition coefficient (Wildman–Crippen LogP) is 0.249. The Hall–Kier alpha value is -2.37. The van der Waals surface area contributed by atoms with E-state index in [1.54, 1.807) is 0 Å². The maximum atomic E-state index is 11.8. The molecule has 0 heterocycles. The average molecular weight is 250 g/mol. The second kappa shape index (κ2) is 5.81.